The molecule has 2 aromatic rings. The molecule has 26 heavy (non-hydrogen) atoms. The van der Waals surface area contributed by atoms with Crippen LogP contribution in [0.4, 0.5) is 17.1 Å². The van der Waals surface area contributed by atoms with Crippen LogP contribution in [-0.4, -0.2) is 32.1 Å². The third-order valence-corrected chi connectivity index (χ3v) is 3.41. The second kappa shape index (κ2) is 9.31. The van der Waals surface area contributed by atoms with Crippen LogP contribution in [-0.2, 0) is 9.59 Å². The fourth-order valence-corrected chi connectivity index (χ4v) is 2.30. The first kappa shape index (κ1) is 19.1. The van der Waals surface area contributed by atoms with E-state index >= 15 is 0 Å². The molecule has 3 N–H and O–H groups in total. The Balaban J connectivity index is 1.96. The number of nitrogens with one attached hydrogen (secondary N) is 3. The number of amides is 2. The van der Waals surface area contributed by atoms with Gasteiger partial charge in [-0.05, 0) is 49.4 Å². The predicted molar refractivity (Wildman–Crippen MR) is 102 cm³/mol. The molecule has 2 rings (SSSR count). The van der Waals surface area contributed by atoms with Crippen LogP contribution in [0, 0.1) is 0 Å². The molecule has 2 aromatic carbocycles. The van der Waals surface area contributed by atoms with E-state index in [9.17, 15) is 9.59 Å². The number of anilines is 3. The minimum atomic E-state index is -0.239. The van der Waals surface area contributed by atoms with Crippen molar-refractivity contribution in [1.29, 1.82) is 0 Å². The summed E-state index contributed by atoms with van der Waals surface area (Å²) in [5.41, 5.74) is 1.87. The zero-order chi connectivity index (χ0) is 18.9. The lowest BCUT2D eigenvalue weighted by Crippen LogP contribution is -2.22. The van der Waals surface area contributed by atoms with Gasteiger partial charge in [0, 0.05) is 18.3 Å². The monoisotopic (exact) mass is 357 g/mol. The summed E-state index contributed by atoms with van der Waals surface area (Å²) in [7, 11) is 1.52. The van der Waals surface area contributed by atoms with Crippen LogP contribution in [0.25, 0.3) is 0 Å². The van der Waals surface area contributed by atoms with Crippen molar-refractivity contribution in [2.24, 2.45) is 0 Å². The highest BCUT2D eigenvalue weighted by atomic mass is 16.5. The molecule has 0 aliphatic heterocycles. The molecule has 0 aliphatic rings. The zero-order valence-electron chi connectivity index (χ0n) is 15.1. The highest BCUT2D eigenvalue weighted by molar-refractivity contribution is 5.96. The Bertz CT molecular complexity index is 760. The first-order valence-electron chi connectivity index (χ1n) is 8.24. The molecule has 7 heteroatoms. The van der Waals surface area contributed by atoms with E-state index < -0.39 is 0 Å². The first-order valence-corrected chi connectivity index (χ1v) is 8.24. The van der Waals surface area contributed by atoms with E-state index in [1.807, 2.05) is 31.2 Å². The van der Waals surface area contributed by atoms with E-state index in [2.05, 4.69) is 16.0 Å². The van der Waals surface area contributed by atoms with Gasteiger partial charge in [-0.3, -0.25) is 9.59 Å². The highest BCUT2D eigenvalue weighted by Crippen LogP contribution is 2.27. The fraction of sp³-hybridized carbons (Fsp3) is 0.263. The van der Waals surface area contributed by atoms with Crippen molar-refractivity contribution in [2.45, 2.75) is 13.8 Å². The molecule has 0 unspecified atom stereocenters. The smallest absolute Gasteiger partial charge is 0.243 e. The Morgan fingerprint density at radius 3 is 2.31 bits per heavy atom. The van der Waals surface area contributed by atoms with Crippen LogP contribution in [0.5, 0.6) is 11.5 Å². The normalized spacial score (nSPS) is 9.96. The number of ether oxygens (including phenoxy) is 2. The zero-order valence-corrected chi connectivity index (χ0v) is 15.1. The van der Waals surface area contributed by atoms with Gasteiger partial charge in [0.05, 0.1) is 25.9 Å². The number of rotatable bonds is 8. The first-order chi connectivity index (χ1) is 12.5. The van der Waals surface area contributed by atoms with Gasteiger partial charge in [-0.1, -0.05) is 0 Å². The molecule has 7 nitrogen and oxygen atoms in total. The largest absolute Gasteiger partial charge is 0.495 e. The minimum Gasteiger partial charge on any atom is -0.495 e. The average Bonchev–Trinajstić information content (AvgIpc) is 2.61. The third kappa shape index (κ3) is 5.70. The van der Waals surface area contributed by atoms with Gasteiger partial charge < -0.3 is 25.4 Å². The molecule has 0 aliphatic carbocycles. The minimum absolute atomic E-state index is 0.0848. The van der Waals surface area contributed by atoms with Crippen molar-refractivity contribution in [3.8, 4) is 11.5 Å². The maximum atomic E-state index is 12.2. The van der Waals surface area contributed by atoms with Crippen molar-refractivity contribution >= 4 is 28.9 Å². The van der Waals surface area contributed by atoms with E-state index in [4.69, 9.17) is 9.47 Å². The van der Waals surface area contributed by atoms with E-state index in [0.717, 1.165) is 11.4 Å². The molecule has 0 aromatic heterocycles. The summed E-state index contributed by atoms with van der Waals surface area (Å²) < 4.78 is 10.6. The van der Waals surface area contributed by atoms with E-state index in [-0.39, 0.29) is 18.4 Å². The Morgan fingerprint density at radius 1 is 1.00 bits per heavy atom. The number of methoxy groups -OCH3 is 1. The molecule has 0 saturated heterocycles. The Morgan fingerprint density at radius 2 is 1.69 bits per heavy atom. The quantitative estimate of drug-likeness (QED) is 0.676. The standard InChI is InChI=1S/C19H23N3O4/c1-4-26-16-8-5-14(6-9-16)20-12-19(24)22-17-11-15(21-13(2)23)7-10-18(17)25-3/h5-11,20H,4,12H2,1-3H3,(H,21,23)(H,22,24). The van der Waals surface area contributed by atoms with Crippen LogP contribution in [0.1, 0.15) is 13.8 Å². The van der Waals surface area contributed by atoms with Crippen LogP contribution < -0.4 is 25.4 Å². The predicted octanol–water partition coefficient (Wildman–Crippen LogP) is 3.10. The number of hydrogen-bond donors (Lipinski definition) is 3. The van der Waals surface area contributed by atoms with Crippen LogP contribution in [0.15, 0.2) is 42.5 Å². The maximum absolute atomic E-state index is 12.2. The molecule has 0 saturated carbocycles. The van der Waals surface area contributed by atoms with Gasteiger partial charge in [0.1, 0.15) is 11.5 Å². The summed E-state index contributed by atoms with van der Waals surface area (Å²) in [5.74, 6) is 0.859. The summed E-state index contributed by atoms with van der Waals surface area (Å²) in [6, 6.07) is 12.4. The van der Waals surface area contributed by atoms with Crippen LogP contribution in [0.3, 0.4) is 0 Å². The molecule has 0 bridgehead atoms. The SMILES string of the molecule is CCOc1ccc(NCC(=O)Nc2cc(NC(C)=O)ccc2OC)cc1. The molecule has 0 atom stereocenters. The van der Waals surface area contributed by atoms with Gasteiger partial charge in [-0.2, -0.15) is 0 Å². The number of carbonyl (C=O) groups is 2. The van der Waals surface area contributed by atoms with Gasteiger partial charge in [-0.25, -0.2) is 0 Å². The Labute approximate surface area is 152 Å². The lowest BCUT2D eigenvalue weighted by molar-refractivity contribution is -0.115. The molecule has 0 radical (unpaired) electrons. The number of benzene rings is 2. The summed E-state index contributed by atoms with van der Waals surface area (Å²) in [4.78, 5) is 23.4. The van der Waals surface area contributed by atoms with E-state index in [1.54, 1.807) is 18.2 Å². The van der Waals surface area contributed by atoms with Crippen LogP contribution in [0.2, 0.25) is 0 Å². The lowest BCUT2D eigenvalue weighted by atomic mass is 10.2. The Hall–Kier alpha value is -3.22. The molecule has 0 heterocycles. The van der Waals surface area contributed by atoms with Crippen molar-refractivity contribution in [3.05, 3.63) is 42.5 Å². The second-order valence-electron chi connectivity index (χ2n) is 5.46. The van der Waals surface area contributed by atoms with Gasteiger partial charge in [-0.15, -0.1) is 0 Å². The molecule has 138 valence electrons. The topological polar surface area (TPSA) is 88.7 Å². The summed E-state index contributed by atoms with van der Waals surface area (Å²) in [6.07, 6.45) is 0. The lowest BCUT2D eigenvalue weighted by Gasteiger charge is -2.13. The van der Waals surface area contributed by atoms with Gasteiger partial charge in [0.25, 0.3) is 0 Å². The average molecular weight is 357 g/mol. The van der Waals surface area contributed by atoms with Crippen molar-refractivity contribution in [3.63, 3.8) is 0 Å². The molecular weight excluding hydrogens is 334 g/mol. The molecule has 0 fully saturated rings. The van der Waals surface area contributed by atoms with Crippen LogP contribution >= 0.6 is 0 Å². The van der Waals surface area contributed by atoms with Gasteiger partial charge in [0.2, 0.25) is 11.8 Å². The highest BCUT2D eigenvalue weighted by Gasteiger charge is 2.09. The second-order valence-corrected chi connectivity index (χ2v) is 5.46. The van der Waals surface area contributed by atoms with Crippen molar-refractivity contribution in [2.75, 3.05) is 36.2 Å². The molecule has 2 amide bonds. The summed E-state index contributed by atoms with van der Waals surface area (Å²) in [5, 5.41) is 8.48. The molecule has 0 spiro atoms. The fourth-order valence-electron chi connectivity index (χ4n) is 2.30. The maximum Gasteiger partial charge on any atom is 0.243 e. The van der Waals surface area contributed by atoms with Gasteiger partial charge in [0.15, 0.2) is 0 Å². The van der Waals surface area contributed by atoms with E-state index in [1.165, 1.54) is 14.0 Å². The van der Waals surface area contributed by atoms with E-state index in [0.29, 0.717) is 23.7 Å². The summed E-state index contributed by atoms with van der Waals surface area (Å²) in [6.45, 7) is 4.03. The van der Waals surface area contributed by atoms with Crippen molar-refractivity contribution in [1.82, 2.24) is 0 Å². The Kier molecular flexibility index (Phi) is 6.84. The molecular formula is C19H23N3O4. The third-order valence-electron chi connectivity index (χ3n) is 3.41. The van der Waals surface area contributed by atoms with Gasteiger partial charge >= 0.3 is 0 Å². The number of carbonyl (C=O) groups excluding carboxylic acids is 2. The number of hydrogen-bond acceptors (Lipinski definition) is 5. The summed E-state index contributed by atoms with van der Waals surface area (Å²) >= 11 is 0. The van der Waals surface area contributed by atoms with Crippen molar-refractivity contribution < 1.29 is 19.1 Å².